The van der Waals surface area contributed by atoms with Crippen LogP contribution in [0.25, 0.3) is 11.0 Å². The summed E-state index contributed by atoms with van der Waals surface area (Å²) in [5, 5.41) is 1.25. The molecule has 2 aromatic heterocycles. The summed E-state index contributed by atoms with van der Waals surface area (Å²) in [5.74, 6) is -0.964. The van der Waals surface area contributed by atoms with E-state index in [0.29, 0.717) is 21.6 Å². The smallest absolute Gasteiger partial charge is 0.305 e. The Bertz CT molecular complexity index is 846. The number of hydrogen-bond acceptors (Lipinski definition) is 4. The number of carbonyl (C=O) groups excluding carboxylic acids is 2. The molecular formula is C15H10ClN3O3. The van der Waals surface area contributed by atoms with Crippen molar-refractivity contribution in [2.24, 2.45) is 0 Å². The normalized spacial score (nSPS) is 10.4. The molecule has 0 saturated heterocycles. The molecule has 0 saturated carbocycles. The zero-order valence-corrected chi connectivity index (χ0v) is 11.9. The second kappa shape index (κ2) is 5.87. The van der Waals surface area contributed by atoms with E-state index < -0.39 is 11.8 Å². The molecule has 2 heterocycles. The van der Waals surface area contributed by atoms with Gasteiger partial charge in [-0.2, -0.15) is 0 Å². The second-order valence-corrected chi connectivity index (χ2v) is 4.88. The quantitative estimate of drug-likeness (QED) is 0.712. The van der Waals surface area contributed by atoms with Crippen molar-refractivity contribution in [2.75, 3.05) is 0 Å². The van der Waals surface area contributed by atoms with Gasteiger partial charge < -0.3 is 4.42 Å². The molecule has 110 valence electrons. The van der Waals surface area contributed by atoms with E-state index in [2.05, 4.69) is 15.8 Å². The molecule has 0 aliphatic carbocycles. The maximum Gasteiger partial charge on any atom is 0.305 e. The summed E-state index contributed by atoms with van der Waals surface area (Å²) < 4.78 is 5.39. The van der Waals surface area contributed by atoms with E-state index in [-0.39, 0.29) is 5.76 Å². The fourth-order valence-electron chi connectivity index (χ4n) is 1.87. The first-order valence-electron chi connectivity index (χ1n) is 6.33. The van der Waals surface area contributed by atoms with E-state index in [1.807, 2.05) is 0 Å². The molecule has 0 bridgehead atoms. The average Bonchev–Trinajstić information content (AvgIpc) is 2.96. The third kappa shape index (κ3) is 2.91. The molecule has 0 fully saturated rings. The van der Waals surface area contributed by atoms with Gasteiger partial charge in [-0.25, -0.2) is 0 Å². The highest BCUT2D eigenvalue weighted by Crippen LogP contribution is 2.22. The van der Waals surface area contributed by atoms with Gasteiger partial charge in [-0.1, -0.05) is 11.6 Å². The van der Waals surface area contributed by atoms with Crippen LogP contribution in [0.4, 0.5) is 0 Å². The number of aromatic nitrogens is 1. The average molecular weight is 316 g/mol. The summed E-state index contributed by atoms with van der Waals surface area (Å²) in [4.78, 5) is 27.6. The monoisotopic (exact) mass is 315 g/mol. The summed E-state index contributed by atoms with van der Waals surface area (Å²) >= 11 is 5.87. The van der Waals surface area contributed by atoms with E-state index in [4.69, 9.17) is 16.0 Å². The van der Waals surface area contributed by atoms with Crippen LogP contribution in [0.5, 0.6) is 0 Å². The van der Waals surface area contributed by atoms with Crippen molar-refractivity contribution in [3.8, 4) is 0 Å². The number of fused-ring (bicyclic) bond motifs is 1. The first-order valence-corrected chi connectivity index (χ1v) is 6.71. The number of halogens is 1. The van der Waals surface area contributed by atoms with E-state index in [1.54, 1.807) is 42.6 Å². The van der Waals surface area contributed by atoms with Crippen LogP contribution in [0.2, 0.25) is 5.02 Å². The maximum absolute atomic E-state index is 12.0. The molecule has 0 spiro atoms. The van der Waals surface area contributed by atoms with Gasteiger partial charge in [-0.3, -0.25) is 25.4 Å². The number of hydrazine groups is 1. The summed E-state index contributed by atoms with van der Waals surface area (Å²) in [6.45, 7) is 0. The van der Waals surface area contributed by atoms with Gasteiger partial charge in [0.2, 0.25) is 0 Å². The number of amides is 2. The van der Waals surface area contributed by atoms with Crippen LogP contribution in [0.3, 0.4) is 0 Å². The fraction of sp³-hybridized carbons (Fsp3) is 0. The summed E-state index contributed by atoms with van der Waals surface area (Å²) in [6, 6.07) is 9.78. The van der Waals surface area contributed by atoms with Crippen LogP contribution in [-0.4, -0.2) is 16.8 Å². The van der Waals surface area contributed by atoms with E-state index >= 15 is 0 Å². The molecule has 0 radical (unpaired) electrons. The lowest BCUT2D eigenvalue weighted by Gasteiger charge is -2.05. The lowest BCUT2D eigenvalue weighted by atomic mass is 10.2. The molecule has 0 atom stereocenters. The van der Waals surface area contributed by atoms with Crippen molar-refractivity contribution < 1.29 is 14.0 Å². The summed E-state index contributed by atoms with van der Waals surface area (Å²) in [7, 11) is 0. The molecule has 3 rings (SSSR count). The Balaban J connectivity index is 1.69. The van der Waals surface area contributed by atoms with Gasteiger partial charge in [-0.15, -0.1) is 0 Å². The number of pyridine rings is 1. The largest absolute Gasteiger partial charge is 0.451 e. The molecule has 0 unspecified atom stereocenters. The van der Waals surface area contributed by atoms with Crippen LogP contribution < -0.4 is 10.9 Å². The first kappa shape index (κ1) is 14.1. The molecule has 2 N–H and O–H groups in total. The van der Waals surface area contributed by atoms with Crippen LogP contribution in [0, 0.1) is 0 Å². The van der Waals surface area contributed by atoms with Gasteiger partial charge in [0.15, 0.2) is 5.76 Å². The molecule has 1 aromatic carbocycles. The minimum absolute atomic E-state index is 0.0729. The zero-order valence-electron chi connectivity index (χ0n) is 11.2. The van der Waals surface area contributed by atoms with E-state index in [0.717, 1.165) is 0 Å². The highest BCUT2D eigenvalue weighted by molar-refractivity contribution is 6.31. The standard InChI is InChI=1S/C15H10ClN3O3/c16-11-3-4-12-10(6-11)7-13(22-12)15(21)19-18-14(20)9-2-1-5-17-8-9/h1-8H,(H,18,20)(H,19,21). The Morgan fingerprint density at radius 1 is 1.09 bits per heavy atom. The lowest BCUT2D eigenvalue weighted by Crippen LogP contribution is -2.41. The Hall–Kier alpha value is -2.86. The second-order valence-electron chi connectivity index (χ2n) is 4.44. The third-order valence-corrected chi connectivity index (χ3v) is 3.15. The van der Waals surface area contributed by atoms with Crippen molar-refractivity contribution in [1.29, 1.82) is 0 Å². The fourth-order valence-corrected chi connectivity index (χ4v) is 2.05. The van der Waals surface area contributed by atoms with Gasteiger partial charge in [0.05, 0.1) is 5.56 Å². The number of benzene rings is 1. The predicted molar refractivity (Wildman–Crippen MR) is 80.4 cm³/mol. The molecule has 22 heavy (non-hydrogen) atoms. The van der Waals surface area contributed by atoms with Gasteiger partial charge in [0.25, 0.3) is 5.91 Å². The van der Waals surface area contributed by atoms with Crippen LogP contribution in [-0.2, 0) is 0 Å². The maximum atomic E-state index is 12.0. The van der Waals surface area contributed by atoms with Gasteiger partial charge in [-0.05, 0) is 36.4 Å². The SMILES string of the molecule is O=C(NNC(=O)c1cc2cc(Cl)ccc2o1)c1cccnc1. The third-order valence-electron chi connectivity index (χ3n) is 2.92. The highest BCUT2D eigenvalue weighted by atomic mass is 35.5. The van der Waals surface area contributed by atoms with Gasteiger partial charge in [0.1, 0.15) is 5.58 Å². The number of furan rings is 1. The number of nitrogens with zero attached hydrogens (tertiary/aromatic N) is 1. The lowest BCUT2D eigenvalue weighted by molar-refractivity contribution is 0.0832. The number of rotatable bonds is 2. The minimum Gasteiger partial charge on any atom is -0.451 e. The van der Waals surface area contributed by atoms with Crippen molar-refractivity contribution >= 4 is 34.4 Å². The first-order chi connectivity index (χ1) is 10.6. The number of nitrogens with one attached hydrogen (secondary N) is 2. The zero-order chi connectivity index (χ0) is 15.5. The van der Waals surface area contributed by atoms with Crippen molar-refractivity contribution in [3.63, 3.8) is 0 Å². The topological polar surface area (TPSA) is 84.2 Å². The molecule has 7 heteroatoms. The van der Waals surface area contributed by atoms with E-state index in [9.17, 15) is 9.59 Å². The predicted octanol–water partition coefficient (Wildman–Crippen LogP) is 2.56. The number of carbonyl (C=O) groups is 2. The molecule has 0 aliphatic heterocycles. The van der Waals surface area contributed by atoms with Crippen LogP contribution >= 0.6 is 11.6 Å². The summed E-state index contributed by atoms with van der Waals surface area (Å²) in [6.07, 6.45) is 2.94. The Morgan fingerprint density at radius 3 is 2.68 bits per heavy atom. The Labute approximate surface area is 130 Å². The Kier molecular flexibility index (Phi) is 3.76. The number of hydrogen-bond donors (Lipinski definition) is 2. The van der Waals surface area contributed by atoms with Crippen LogP contribution in [0.1, 0.15) is 20.9 Å². The van der Waals surface area contributed by atoms with Crippen molar-refractivity contribution in [1.82, 2.24) is 15.8 Å². The molecule has 6 nitrogen and oxygen atoms in total. The molecule has 2 amide bonds. The Morgan fingerprint density at radius 2 is 1.91 bits per heavy atom. The van der Waals surface area contributed by atoms with Crippen molar-refractivity contribution in [2.45, 2.75) is 0 Å². The van der Waals surface area contributed by atoms with E-state index in [1.165, 1.54) is 6.20 Å². The molecule has 3 aromatic rings. The van der Waals surface area contributed by atoms with Crippen molar-refractivity contribution in [3.05, 3.63) is 65.1 Å². The van der Waals surface area contributed by atoms with Crippen LogP contribution in [0.15, 0.2) is 53.2 Å². The van der Waals surface area contributed by atoms with Gasteiger partial charge >= 0.3 is 5.91 Å². The highest BCUT2D eigenvalue weighted by Gasteiger charge is 2.14. The summed E-state index contributed by atoms with van der Waals surface area (Å²) in [5.41, 5.74) is 5.44. The van der Waals surface area contributed by atoms with Gasteiger partial charge in [0, 0.05) is 22.8 Å². The minimum atomic E-state index is -0.565. The molecular weight excluding hydrogens is 306 g/mol. The molecule has 0 aliphatic rings.